The number of allylic oxidation sites excluding steroid dienone is 1. The second kappa shape index (κ2) is 28.8. The number of carbonyl (C=O) groups is 1. The number of fused-ring (bicyclic) bond motifs is 10. The SMILES string of the molecule is CCCCCCc1c(C=Cc2sc3c(CCCCCC)c(-c4cc5ccc(N(c6ccc7c(c6)-c6ccccc6C7(C)C)c6ccc7c(c6)C(C)(C)c6ccccc6-7)cc5s4)sc3c2CCCCCC)sc2c1SC(C=CC1=Nc3ccc(C(=O)O)cc3C1(C)C)C2CCCCCC. The van der Waals surface area contributed by atoms with Crippen molar-refractivity contribution in [2.45, 2.75) is 230 Å². The number of unbranched alkanes of at least 4 members (excludes halogenated alkanes) is 12. The molecule has 506 valence electrons. The molecular weight excluding hydrogens is 1290 g/mol. The highest BCUT2D eigenvalue weighted by molar-refractivity contribution is 8.00. The molecular formula is C89H98N2O2S5. The Morgan fingerprint density at radius 3 is 1.77 bits per heavy atom. The van der Waals surface area contributed by atoms with Gasteiger partial charge in [-0.1, -0.05) is 226 Å². The van der Waals surface area contributed by atoms with Crippen LogP contribution in [0.5, 0.6) is 0 Å². The Morgan fingerprint density at radius 2 is 1.07 bits per heavy atom. The molecule has 6 heterocycles. The number of nitrogens with zero attached hydrogens (tertiary/aromatic N) is 2. The first-order chi connectivity index (χ1) is 47.5. The van der Waals surface area contributed by atoms with Crippen molar-refractivity contribution in [2.75, 3.05) is 4.90 Å². The van der Waals surface area contributed by atoms with Gasteiger partial charge in [0, 0.05) is 87.9 Å². The lowest BCUT2D eigenvalue weighted by Crippen LogP contribution is -2.24. The molecule has 0 saturated heterocycles. The molecule has 98 heavy (non-hydrogen) atoms. The number of carboxylic acid groups (broad SMARTS) is 1. The Labute approximate surface area is 604 Å². The Morgan fingerprint density at radius 1 is 0.500 bits per heavy atom. The number of anilines is 3. The third-order valence-corrected chi connectivity index (χ3v) is 29.1. The van der Waals surface area contributed by atoms with E-state index in [4.69, 9.17) is 4.99 Å². The average Bonchev–Trinajstić information content (AvgIpc) is 1.55. The normalized spacial score (nSPS) is 16.7. The van der Waals surface area contributed by atoms with E-state index < -0.39 is 5.97 Å². The number of thioether (sulfide) groups is 1. The molecule has 10 aromatic rings. The van der Waals surface area contributed by atoms with Gasteiger partial charge in [-0.15, -0.1) is 57.1 Å². The second-order valence-corrected chi connectivity index (χ2v) is 35.4. The zero-order valence-corrected chi connectivity index (χ0v) is 63.6. The Bertz CT molecular complexity index is 4720. The molecule has 4 aromatic heterocycles. The van der Waals surface area contributed by atoms with Gasteiger partial charge in [0.15, 0.2) is 0 Å². The highest BCUT2D eigenvalue weighted by atomic mass is 32.2. The minimum atomic E-state index is -0.895. The second-order valence-electron chi connectivity index (χ2n) is 29.9. The van der Waals surface area contributed by atoms with Crippen molar-refractivity contribution in [3.8, 4) is 32.0 Å². The molecule has 6 aromatic carbocycles. The van der Waals surface area contributed by atoms with Gasteiger partial charge < -0.3 is 10.0 Å². The Balaban J connectivity index is 0.831. The van der Waals surface area contributed by atoms with E-state index in [0.717, 1.165) is 36.2 Å². The summed E-state index contributed by atoms with van der Waals surface area (Å²) in [6, 6.07) is 47.8. The van der Waals surface area contributed by atoms with Crippen LogP contribution in [0.1, 0.15) is 254 Å². The number of benzene rings is 6. The summed E-state index contributed by atoms with van der Waals surface area (Å²) in [4.78, 5) is 28.7. The number of carboxylic acids is 1. The van der Waals surface area contributed by atoms with Crippen molar-refractivity contribution in [3.05, 3.63) is 204 Å². The van der Waals surface area contributed by atoms with Crippen LogP contribution in [0.25, 0.3) is 63.6 Å². The van der Waals surface area contributed by atoms with Gasteiger partial charge in [-0.2, -0.15) is 0 Å². The van der Waals surface area contributed by atoms with E-state index in [-0.39, 0.29) is 16.2 Å². The molecule has 2 atom stereocenters. The summed E-state index contributed by atoms with van der Waals surface area (Å²) in [7, 11) is 0. The van der Waals surface area contributed by atoms with Crippen molar-refractivity contribution >= 4 is 123 Å². The van der Waals surface area contributed by atoms with Crippen molar-refractivity contribution < 1.29 is 9.90 Å². The van der Waals surface area contributed by atoms with Crippen molar-refractivity contribution in [3.63, 3.8) is 0 Å². The van der Waals surface area contributed by atoms with Crippen LogP contribution < -0.4 is 4.90 Å². The molecule has 2 aliphatic carbocycles. The third-order valence-electron chi connectivity index (χ3n) is 22.2. The molecule has 0 amide bonds. The summed E-state index contributed by atoms with van der Waals surface area (Å²) >= 11 is 10.4. The van der Waals surface area contributed by atoms with Gasteiger partial charge in [0.2, 0.25) is 0 Å². The zero-order chi connectivity index (χ0) is 68.0. The molecule has 0 spiro atoms. The van der Waals surface area contributed by atoms with Crippen LogP contribution in [0.4, 0.5) is 22.7 Å². The number of thiophene rings is 4. The quantitative estimate of drug-likeness (QED) is 0.0475. The van der Waals surface area contributed by atoms with Crippen LogP contribution in [-0.4, -0.2) is 22.0 Å². The van der Waals surface area contributed by atoms with Gasteiger partial charge in [-0.25, -0.2) is 4.79 Å². The molecule has 4 nitrogen and oxygen atoms in total. The predicted octanol–water partition coefficient (Wildman–Crippen LogP) is 28.4. The fourth-order valence-corrected chi connectivity index (χ4v) is 23.9. The smallest absolute Gasteiger partial charge is 0.335 e. The predicted molar refractivity (Wildman–Crippen MR) is 431 cm³/mol. The molecule has 9 heteroatoms. The van der Waals surface area contributed by atoms with E-state index in [9.17, 15) is 9.90 Å². The number of aliphatic imine (C=N–C) groups is 1. The van der Waals surface area contributed by atoms with E-state index in [1.807, 2.05) is 23.5 Å². The lowest BCUT2D eigenvalue weighted by Gasteiger charge is -2.29. The number of rotatable bonds is 29. The van der Waals surface area contributed by atoms with E-state index in [0.29, 0.717) is 16.7 Å². The monoisotopic (exact) mass is 1390 g/mol. The van der Waals surface area contributed by atoms with Crippen LogP contribution >= 0.6 is 57.1 Å². The topological polar surface area (TPSA) is 52.9 Å². The summed E-state index contributed by atoms with van der Waals surface area (Å²) in [6.07, 6.45) is 34.4. The lowest BCUT2D eigenvalue weighted by atomic mass is 9.80. The summed E-state index contributed by atoms with van der Waals surface area (Å²) in [5, 5.41) is 11.5. The first-order valence-corrected chi connectivity index (χ1v) is 41.2. The Hall–Kier alpha value is -6.59. The number of aromatic carboxylic acids is 1. The zero-order valence-electron chi connectivity index (χ0n) is 59.5. The summed E-state index contributed by atoms with van der Waals surface area (Å²) in [6.45, 7) is 23.3. The lowest BCUT2D eigenvalue weighted by molar-refractivity contribution is 0.0696. The maximum absolute atomic E-state index is 12.1. The number of hydrogen-bond donors (Lipinski definition) is 1. The van der Waals surface area contributed by atoms with E-state index in [1.165, 1.54) is 210 Å². The molecule has 1 N–H and O–H groups in total. The largest absolute Gasteiger partial charge is 0.478 e. The van der Waals surface area contributed by atoms with Crippen molar-refractivity contribution in [1.29, 1.82) is 0 Å². The minimum Gasteiger partial charge on any atom is -0.478 e. The minimum absolute atomic E-state index is 0.0752. The van der Waals surface area contributed by atoms with Gasteiger partial charge in [-0.3, -0.25) is 4.99 Å². The van der Waals surface area contributed by atoms with Crippen LogP contribution in [0.2, 0.25) is 0 Å². The molecule has 14 rings (SSSR count). The van der Waals surface area contributed by atoms with Gasteiger partial charge in [0.1, 0.15) is 0 Å². The fraction of sp³-hybridized carbons (Fsp3) is 0.393. The molecule has 0 radical (unpaired) electrons. The van der Waals surface area contributed by atoms with Gasteiger partial charge in [-0.05, 0) is 196 Å². The van der Waals surface area contributed by atoms with Gasteiger partial charge in [0.05, 0.1) is 17.0 Å². The molecule has 2 unspecified atom stereocenters. The van der Waals surface area contributed by atoms with Crippen molar-refractivity contribution in [2.24, 2.45) is 4.99 Å². The summed E-state index contributed by atoms with van der Waals surface area (Å²) < 4.78 is 4.39. The highest BCUT2D eigenvalue weighted by Crippen LogP contribution is 2.58. The Kier molecular flexibility index (Phi) is 20.1. The van der Waals surface area contributed by atoms with Crippen LogP contribution in [0.15, 0.2) is 149 Å². The summed E-state index contributed by atoms with van der Waals surface area (Å²) in [5.41, 5.74) is 21.9. The standard InChI is InChI=1S/C89H98N2O2S5/c1-11-15-19-23-33-64-75(95-83-65(34-24-20-16-12-2)77(96-82(64)83)49-50-80-89(9,10)73-51-57(86(92)93)40-46-74(73)90-80)47-48-76-66(35-25-21-17-13-3)84-85(97-76)67(36-26-22-18-14-4)81(98-84)79-52-56-39-41-60(55-78(56)94-79)91(58-43-45-71-68(53-58)62-32-28-30-38-70(62)87(71,5)6)59-42-44-63-61-31-27-29-37-69(61)88(7,8)72(63)54-59/h27-32,37-55,65,77H,11-26,33-36H2,1-10H3,(H,92,93). The van der Waals surface area contributed by atoms with Gasteiger partial charge in [0.25, 0.3) is 0 Å². The van der Waals surface area contributed by atoms with E-state index in [1.54, 1.807) is 32.5 Å². The first kappa shape index (κ1) is 68.5. The van der Waals surface area contributed by atoms with E-state index >= 15 is 0 Å². The molecule has 2 aliphatic heterocycles. The van der Waals surface area contributed by atoms with Crippen molar-refractivity contribution in [1.82, 2.24) is 0 Å². The molecule has 4 aliphatic rings. The fourth-order valence-electron chi connectivity index (χ4n) is 16.5. The first-order valence-electron chi connectivity index (χ1n) is 37.1. The number of hydrogen-bond acceptors (Lipinski definition) is 8. The molecule has 0 fully saturated rings. The maximum atomic E-state index is 12.1. The summed E-state index contributed by atoms with van der Waals surface area (Å²) in [5.74, 6) is -0.453. The van der Waals surface area contributed by atoms with Crippen LogP contribution in [0.3, 0.4) is 0 Å². The van der Waals surface area contributed by atoms with E-state index in [2.05, 4.69) is 253 Å². The van der Waals surface area contributed by atoms with Crippen LogP contribution in [-0.2, 0) is 35.5 Å². The molecule has 0 bridgehead atoms. The highest BCUT2D eigenvalue weighted by Gasteiger charge is 2.41. The van der Waals surface area contributed by atoms with Gasteiger partial charge >= 0.3 is 5.97 Å². The number of aryl methyl sites for hydroxylation is 2. The third kappa shape index (κ3) is 12.8. The maximum Gasteiger partial charge on any atom is 0.335 e. The van der Waals surface area contributed by atoms with Crippen LogP contribution in [0, 0.1) is 0 Å². The molecule has 0 saturated carbocycles. The average molecular weight is 1390 g/mol.